The molecule has 26 heavy (non-hydrogen) atoms. The van der Waals surface area contributed by atoms with Gasteiger partial charge in [-0.25, -0.2) is 0 Å². The number of carbonyl (C=O) groups excluding carboxylic acids is 1. The van der Waals surface area contributed by atoms with Crippen LogP contribution in [0.25, 0.3) is 0 Å². The van der Waals surface area contributed by atoms with Gasteiger partial charge in [0, 0.05) is 31.7 Å². The van der Waals surface area contributed by atoms with Gasteiger partial charge in [0.1, 0.15) is 0 Å². The van der Waals surface area contributed by atoms with Gasteiger partial charge in [0.2, 0.25) is 0 Å². The number of benzene rings is 1. The third-order valence-corrected chi connectivity index (χ3v) is 5.20. The van der Waals surface area contributed by atoms with Crippen LogP contribution in [0, 0.1) is 5.92 Å². The van der Waals surface area contributed by atoms with Crippen molar-refractivity contribution in [1.82, 2.24) is 16.0 Å². The SMILES string of the molecule is CCNC(=NCCc1cccc(C(=O)NC)c1)NC1CCC(CC)CC1. The fraction of sp³-hybridized carbons (Fsp3) is 0.619. The predicted octanol–water partition coefficient (Wildman–Crippen LogP) is 3.11. The number of nitrogens with zero attached hydrogens (tertiary/aromatic N) is 1. The van der Waals surface area contributed by atoms with Crippen LogP contribution in [0.5, 0.6) is 0 Å². The maximum absolute atomic E-state index is 11.7. The molecule has 0 bridgehead atoms. The van der Waals surface area contributed by atoms with Crippen LogP contribution in [0.4, 0.5) is 0 Å². The monoisotopic (exact) mass is 358 g/mol. The first kappa shape index (κ1) is 20.3. The van der Waals surface area contributed by atoms with E-state index in [4.69, 9.17) is 4.99 Å². The Labute approximate surface area is 158 Å². The number of nitrogens with one attached hydrogen (secondary N) is 3. The lowest BCUT2D eigenvalue weighted by Gasteiger charge is -2.29. The second kappa shape index (κ2) is 10.8. The van der Waals surface area contributed by atoms with Crippen molar-refractivity contribution in [3.8, 4) is 0 Å². The fourth-order valence-corrected chi connectivity index (χ4v) is 3.54. The minimum atomic E-state index is -0.0481. The lowest BCUT2D eigenvalue weighted by atomic mass is 9.84. The normalized spacial score (nSPS) is 20.5. The molecule has 3 N–H and O–H groups in total. The Hall–Kier alpha value is -2.04. The van der Waals surface area contributed by atoms with Gasteiger partial charge in [-0.15, -0.1) is 0 Å². The summed E-state index contributed by atoms with van der Waals surface area (Å²) in [6.45, 7) is 5.96. The first-order valence-electron chi connectivity index (χ1n) is 10.0. The Balaban J connectivity index is 1.88. The minimum absolute atomic E-state index is 0.0481. The lowest BCUT2D eigenvalue weighted by molar-refractivity contribution is 0.0963. The summed E-state index contributed by atoms with van der Waals surface area (Å²) < 4.78 is 0. The molecule has 1 aromatic carbocycles. The molecule has 0 heterocycles. The second-order valence-corrected chi connectivity index (χ2v) is 7.06. The van der Waals surface area contributed by atoms with Crippen LogP contribution in [0.2, 0.25) is 0 Å². The topological polar surface area (TPSA) is 65.5 Å². The molecule has 1 aliphatic rings. The molecule has 0 aromatic heterocycles. The van der Waals surface area contributed by atoms with Crippen molar-refractivity contribution in [1.29, 1.82) is 0 Å². The third-order valence-electron chi connectivity index (χ3n) is 5.20. The van der Waals surface area contributed by atoms with Gasteiger partial charge in [-0.1, -0.05) is 25.5 Å². The fourth-order valence-electron chi connectivity index (χ4n) is 3.54. The summed E-state index contributed by atoms with van der Waals surface area (Å²) in [5, 5.41) is 9.62. The molecule has 0 saturated heterocycles. The summed E-state index contributed by atoms with van der Waals surface area (Å²) in [5.74, 6) is 1.77. The van der Waals surface area contributed by atoms with Gasteiger partial charge in [0.05, 0.1) is 0 Å². The van der Waals surface area contributed by atoms with E-state index in [0.29, 0.717) is 18.2 Å². The highest BCUT2D eigenvalue weighted by molar-refractivity contribution is 5.94. The highest BCUT2D eigenvalue weighted by Gasteiger charge is 2.20. The smallest absolute Gasteiger partial charge is 0.251 e. The highest BCUT2D eigenvalue weighted by atomic mass is 16.1. The molecule has 1 aliphatic carbocycles. The molecular formula is C21H34N4O. The van der Waals surface area contributed by atoms with E-state index < -0.39 is 0 Å². The van der Waals surface area contributed by atoms with E-state index >= 15 is 0 Å². The minimum Gasteiger partial charge on any atom is -0.357 e. The Kier molecular flexibility index (Phi) is 8.45. The van der Waals surface area contributed by atoms with Crippen molar-refractivity contribution in [2.75, 3.05) is 20.1 Å². The molecule has 144 valence electrons. The van der Waals surface area contributed by atoms with E-state index in [1.807, 2.05) is 24.3 Å². The van der Waals surface area contributed by atoms with Gasteiger partial charge in [-0.05, 0) is 62.6 Å². The summed E-state index contributed by atoms with van der Waals surface area (Å²) in [5.41, 5.74) is 1.83. The molecule has 1 aromatic rings. The molecule has 0 atom stereocenters. The molecule has 0 unspecified atom stereocenters. The van der Waals surface area contributed by atoms with Gasteiger partial charge >= 0.3 is 0 Å². The average molecular weight is 359 g/mol. The Morgan fingerprint density at radius 3 is 2.62 bits per heavy atom. The Morgan fingerprint density at radius 2 is 1.96 bits per heavy atom. The number of carbonyl (C=O) groups is 1. The van der Waals surface area contributed by atoms with Crippen molar-refractivity contribution in [2.24, 2.45) is 10.9 Å². The van der Waals surface area contributed by atoms with Gasteiger partial charge in [0.15, 0.2) is 5.96 Å². The summed E-state index contributed by atoms with van der Waals surface area (Å²) in [6.07, 6.45) is 7.23. The summed E-state index contributed by atoms with van der Waals surface area (Å²) in [4.78, 5) is 16.5. The van der Waals surface area contributed by atoms with Crippen molar-refractivity contribution in [3.05, 3.63) is 35.4 Å². The number of guanidine groups is 1. The average Bonchev–Trinajstić information content (AvgIpc) is 2.68. The molecule has 5 nitrogen and oxygen atoms in total. The van der Waals surface area contributed by atoms with Crippen LogP contribution >= 0.6 is 0 Å². The lowest BCUT2D eigenvalue weighted by Crippen LogP contribution is -2.45. The molecule has 1 saturated carbocycles. The molecular weight excluding hydrogens is 324 g/mol. The predicted molar refractivity (Wildman–Crippen MR) is 109 cm³/mol. The van der Waals surface area contributed by atoms with Crippen LogP contribution < -0.4 is 16.0 Å². The van der Waals surface area contributed by atoms with Crippen molar-refractivity contribution in [3.63, 3.8) is 0 Å². The van der Waals surface area contributed by atoms with E-state index in [-0.39, 0.29) is 5.91 Å². The van der Waals surface area contributed by atoms with Crippen LogP contribution in [-0.4, -0.2) is 38.0 Å². The molecule has 1 amide bonds. The van der Waals surface area contributed by atoms with Crippen LogP contribution in [-0.2, 0) is 6.42 Å². The third kappa shape index (κ3) is 6.36. The number of amides is 1. The largest absolute Gasteiger partial charge is 0.357 e. The molecule has 1 fully saturated rings. The first-order chi connectivity index (χ1) is 12.7. The number of aliphatic imine (C=N–C) groups is 1. The zero-order chi connectivity index (χ0) is 18.8. The molecule has 0 radical (unpaired) electrons. The van der Waals surface area contributed by atoms with Crippen molar-refractivity contribution < 1.29 is 4.79 Å². The summed E-state index contributed by atoms with van der Waals surface area (Å²) in [6, 6.07) is 8.30. The maximum Gasteiger partial charge on any atom is 0.251 e. The van der Waals surface area contributed by atoms with Gasteiger partial charge in [-0.2, -0.15) is 0 Å². The highest BCUT2D eigenvalue weighted by Crippen LogP contribution is 2.26. The molecule has 0 aliphatic heterocycles. The standard InChI is InChI=1S/C21H34N4O/c1-4-16-9-11-19(12-10-16)25-21(23-5-2)24-14-13-17-7-6-8-18(15-17)20(26)22-3/h6-8,15-16,19H,4-5,9-14H2,1-3H3,(H,22,26)(H2,23,24,25). The van der Waals surface area contributed by atoms with Crippen LogP contribution in [0.15, 0.2) is 29.3 Å². The van der Waals surface area contributed by atoms with Gasteiger partial charge in [0.25, 0.3) is 5.91 Å². The van der Waals surface area contributed by atoms with Gasteiger partial charge < -0.3 is 16.0 Å². The van der Waals surface area contributed by atoms with Crippen LogP contribution in [0.1, 0.15) is 61.9 Å². The molecule has 2 rings (SSSR count). The number of rotatable bonds is 7. The van der Waals surface area contributed by atoms with E-state index in [1.54, 1.807) is 7.05 Å². The van der Waals surface area contributed by atoms with Crippen molar-refractivity contribution in [2.45, 2.75) is 58.4 Å². The zero-order valence-electron chi connectivity index (χ0n) is 16.5. The summed E-state index contributed by atoms with van der Waals surface area (Å²) >= 11 is 0. The first-order valence-corrected chi connectivity index (χ1v) is 10.0. The molecule has 5 heteroatoms. The van der Waals surface area contributed by atoms with Crippen molar-refractivity contribution >= 4 is 11.9 Å². The number of hydrogen-bond acceptors (Lipinski definition) is 2. The summed E-state index contributed by atoms with van der Waals surface area (Å²) in [7, 11) is 1.65. The van der Waals surface area contributed by atoms with E-state index in [9.17, 15) is 4.79 Å². The second-order valence-electron chi connectivity index (χ2n) is 7.06. The number of hydrogen-bond donors (Lipinski definition) is 3. The van der Waals surface area contributed by atoms with Crippen LogP contribution in [0.3, 0.4) is 0 Å². The zero-order valence-corrected chi connectivity index (χ0v) is 16.5. The molecule has 0 spiro atoms. The Morgan fingerprint density at radius 1 is 1.19 bits per heavy atom. The maximum atomic E-state index is 11.7. The quantitative estimate of drug-likeness (QED) is 0.518. The Bertz CT molecular complexity index is 591. The van der Waals surface area contributed by atoms with E-state index in [0.717, 1.165) is 30.4 Å². The van der Waals surface area contributed by atoms with E-state index in [1.165, 1.54) is 32.1 Å². The van der Waals surface area contributed by atoms with Gasteiger partial charge in [-0.3, -0.25) is 9.79 Å². The van der Waals surface area contributed by atoms with E-state index in [2.05, 4.69) is 29.8 Å².